The van der Waals surface area contributed by atoms with E-state index in [1.165, 1.54) is 5.56 Å². The Morgan fingerprint density at radius 3 is 2.27 bits per heavy atom. The van der Waals surface area contributed by atoms with E-state index in [2.05, 4.69) is 36.4 Å². The van der Waals surface area contributed by atoms with E-state index >= 15 is 0 Å². The number of nitrogens with zero attached hydrogens (tertiary/aromatic N) is 2. The maximum atomic E-state index is 12.0. The topological polar surface area (TPSA) is 80.1 Å². The van der Waals surface area contributed by atoms with Gasteiger partial charge in [0.05, 0.1) is 22.2 Å². The minimum Gasteiger partial charge on any atom is -0.396 e. The Morgan fingerprint density at radius 1 is 1.00 bits per heavy atom. The molecule has 0 unspecified atom stereocenters. The summed E-state index contributed by atoms with van der Waals surface area (Å²) in [5.41, 5.74) is 11.9. The molecule has 2 aromatic carbocycles. The van der Waals surface area contributed by atoms with E-state index in [-0.39, 0.29) is 6.61 Å². The summed E-state index contributed by atoms with van der Waals surface area (Å²) in [6, 6.07) is 20.2. The van der Waals surface area contributed by atoms with Crippen LogP contribution in [0.2, 0.25) is 0 Å². The number of aryl methyl sites for hydroxylation is 2. The highest BCUT2D eigenvalue weighted by molar-refractivity contribution is 6.06. The van der Waals surface area contributed by atoms with Crippen LogP contribution < -0.4 is 10.3 Å². The number of fused-ring (bicyclic) bond motifs is 1. The first-order valence-electron chi connectivity index (χ1n) is 9.95. The molecule has 0 fully saturated rings. The van der Waals surface area contributed by atoms with Crippen molar-refractivity contribution in [2.45, 2.75) is 12.8 Å². The molecule has 0 saturated carbocycles. The summed E-state index contributed by atoms with van der Waals surface area (Å²) >= 11 is 0. The average Bonchev–Trinajstić information content (AvgIpc) is 2.77. The van der Waals surface area contributed by atoms with Gasteiger partial charge in [-0.1, -0.05) is 48.5 Å². The first-order chi connectivity index (χ1) is 14.5. The number of carbonyl (C=O) groups excluding carboxylic acids is 1. The number of aromatic nitrogens is 2. The summed E-state index contributed by atoms with van der Waals surface area (Å²) in [5.74, 6) is -0.465. The van der Waals surface area contributed by atoms with Crippen LogP contribution in [-0.4, -0.2) is 22.6 Å². The number of rotatable bonds is 6. The third-order valence-corrected chi connectivity index (χ3v) is 5.25. The molecule has 5 nitrogen and oxygen atoms in total. The molecule has 2 heterocycles. The molecule has 3 N–H and O–H groups in total. The van der Waals surface area contributed by atoms with Crippen molar-refractivity contribution < 1.29 is 14.5 Å². The molecule has 30 heavy (non-hydrogen) atoms. The molecule has 2 aromatic heterocycles. The minimum atomic E-state index is -0.465. The van der Waals surface area contributed by atoms with Crippen molar-refractivity contribution in [3.05, 3.63) is 84.2 Å². The molecule has 0 atom stereocenters. The van der Waals surface area contributed by atoms with Crippen molar-refractivity contribution in [2.75, 3.05) is 6.61 Å². The van der Waals surface area contributed by atoms with Crippen LogP contribution in [0.4, 0.5) is 0 Å². The Kier molecular flexibility index (Phi) is 5.55. The van der Waals surface area contributed by atoms with Gasteiger partial charge in [0.15, 0.2) is 12.4 Å². The molecule has 0 aliphatic carbocycles. The van der Waals surface area contributed by atoms with Gasteiger partial charge in [-0.05, 0) is 35.6 Å². The first kappa shape index (κ1) is 19.7. The maximum Gasteiger partial charge on any atom is 0.249 e. The molecule has 0 aliphatic rings. The molecular weight excluding hydrogens is 374 g/mol. The van der Waals surface area contributed by atoms with E-state index in [0.717, 1.165) is 46.1 Å². The third-order valence-electron chi connectivity index (χ3n) is 5.25. The van der Waals surface area contributed by atoms with Gasteiger partial charge >= 0.3 is 0 Å². The Morgan fingerprint density at radius 2 is 1.63 bits per heavy atom. The normalized spacial score (nSPS) is 11.0. The molecule has 0 bridgehead atoms. The lowest BCUT2D eigenvalue weighted by Crippen LogP contribution is -2.27. The van der Waals surface area contributed by atoms with Crippen molar-refractivity contribution in [1.29, 1.82) is 0 Å². The zero-order valence-corrected chi connectivity index (χ0v) is 16.9. The molecule has 5 heteroatoms. The highest BCUT2D eigenvalue weighted by Crippen LogP contribution is 2.27. The van der Waals surface area contributed by atoms with Gasteiger partial charge in [0, 0.05) is 18.2 Å². The number of hydrogen-bond donors (Lipinski definition) is 2. The molecule has 1 amide bonds. The highest BCUT2D eigenvalue weighted by Gasteiger charge is 2.14. The second-order valence-electron chi connectivity index (χ2n) is 7.43. The number of amides is 1. The molecule has 4 rings (SSSR count). The Hall–Kier alpha value is -3.57. The largest absolute Gasteiger partial charge is 0.396 e. The van der Waals surface area contributed by atoms with E-state index in [0.29, 0.717) is 5.56 Å². The molecular formula is C25H24N3O2+. The molecule has 4 aromatic rings. The van der Waals surface area contributed by atoms with Crippen LogP contribution in [0.5, 0.6) is 0 Å². The second-order valence-corrected chi connectivity index (χ2v) is 7.43. The van der Waals surface area contributed by atoms with Gasteiger partial charge in [-0.3, -0.25) is 4.79 Å². The summed E-state index contributed by atoms with van der Waals surface area (Å²) in [6.45, 7) is 0.210. The number of aliphatic hydroxyl groups is 1. The number of hydrogen-bond acceptors (Lipinski definition) is 3. The van der Waals surface area contributed by atoms with Crippen molar-refractivity contribution in [1.82, 2.24) is 4.98 Å². The van der Waals surface area contributed by atoms with Gasteiger partial charge in [-0.25, -0.2) is 9.55 Å². The monoisotopic (exact) mass is 398 g/mol. The standard InChI is InChI=1S/C25H23N3O2/c1-28-13-12-23-22(16-28)21(25(26)30)15-24(27-23)20-10-8-19(9-11-20)18-6-4-17(5-7-18)3-2-14-29/h4-13,15-16,29H,2-3,14H2,1H3,(H-,26,30)/p+1. The summed E-state index contributed by atoms with van der Waals surface area (Å²) in [5, 5.41) is 9.71. The van der Waals surface area contributed by atoms with Crippen LogP contribution in [0.25, 0.3) is 33.3 Å². The predicted octanol–water partition coefficient (Wildman–Crippen LogP) is 3.42. The average molecular weight is 398 g/mol. The van der Waals surface area contributed by atoms with Crippen LogP contribution in [0.3, 0.4) is 0 Å². The first-order valence-corrected chi connectivity index (χ1v) is 9.95. The van der Waals surface area contributed by atoms with Gasteiger partial charge < -0.3 is 10.8 Å². The smallest absolute Gasteiger partial charge is 0.249 e. The van der Waals surface area contributed by atoms with Crippen molar-refractivity contribution in [3.8, 4) is 22.4 Å². The van der Waals surface area contributed by atoms with E-state index in [1.54, 1.807) is 6.07 Å². The fourth-order valence-corrected chi connectivity index (χ4v) is 3.60. The third kappa shape index (κ3) is 4.07. The Bertz CT molecular complexity index is 1200. The lowest BCUT2D eigenvalue weighted by Gasteiger charge is -2.08. The number of pyridine rings is 2. The van der Waals surface area contributed by atoms with Gasteiger partial charge in [0.25, 0.3) is 0 Å². The van der Waals surface area contributed by atoms with E-state index in [4.69, 9.17) is 15.8 Å². The van der Waals surface area contributed by atoms with Crippen LogP contribution in [0.1, 0.15) is 22.3 Å². The van der Waals surface area contributed by atoms with E-state index < -0.39 is 5.91 Å². The molecule has 0 spiro atoms. The lowest BCUT2D eigenvalue weighted by atomic mass is 9.99. The fraction of sp³-hybridized carbons (Fsp3) is 0.160. The SMILES string of the molecule is C[n+]1ccc2nc(-c3ccc(-c4ccc(CCCO)cc4)cc3)cc(C(N)=O)c2c1. The fourth-order valence-electron chi connectivity index (χ4n) is 3.60. The molecule has 150 valence electrons. The molecule has 0 radical (unpaired) electrons. The van der Waals surface area contributed by atoms with Crippen LogP contribution in [0, 0.1) is 0 Å². The van der Waals surface area contributed by atoms with Gasteiger partial charge in [0.1, 0.15) is 7.05 Å². The van der Waals surface area contributed by atoms with Gasteiger partial charge in [-0.2, -0.15) is 0 Å². The van der Waals surface area contributed by atoms with Crippen LogP contribution >= 0.6 is 0 Å². The Labute approximate surface area is 175 Å². The van der Waals surface area contributed by atoms with E-state index in [9.17, 15) is 4.79 Å². The second kappa shape index (κ2) is 8.43. The summed E-state index contributed by atoms with van der Waals surface area (Å²) in [4.78, 5) is 16.7. The van der Waals surface area contributed by atoms with Crippen molar-refractivity contribution in [3.63, 3.8) is 0 Å². The molecule has 0 aliphatic heterocycles. The van der Waals surface area contributed by atoms with Crippen molar-refractivity contribution in [2.24, 2.45) is 12.8 Å². The van der Waals surface area contributed by atoms with Crippen molar-refractivity contribution >= 4 is 16.8 Å². The predicted molar refractivity (Wildman–Crippen MR) is 118 cm³/mol. The Balaban J connectivity index is 1.66. The highest BCUT2D eigenvalue weighted by atomic mass is 16.2. The van der Waals surface area contributed by atoms with E-state index in [1.807, 2.05) is 42.2 Å². The zero-order chi connectivity index (χ0) is 21.1. The van der Waals surface area contributed by atoms with Crippen LogP contribution in [0.15, 0.2) is 73.1 Å². The summed E-state index contributed by atoms with van der Waals surface area (Å²) in [6.07, 6.45) is 5.42. The number of benzene rings is 2. The van der Waals surface area contributed by atoms with Gasteiger partial charge in [-0.15, -0.1) is 0 Å². The quantitative estimate of drug-likeness (QED) is 0.489. The number of aliphatic hydroxyl groups excluding tert-OH is 1. The van der Waals surface area contributed by atoms with Gasteiger partial charge in [0.2, 0.25) is 5.91 Å². The molecule has 0 saturated heterocycles. The summed E-state index contributed by atoms with van der Waals surface area (Å²) in [7, 11) is 1.90. The zero-order valence-electron chi connectivity index (χ0n) is 16.9. The number of nitrogens with two attached hydrogens (primary N) is 1. The number of carbonyl (C=O) groups is 1. The lowest BCUT2D eigenvalue weighted by molar-refractivity contribution is -0.670. The van der Waals surface area contributed by atoms with Crippen LogP contribution in [-0.2, 0) is 13.5 Å². The minimum absolute atomic E-state index is 0.210. The number of primary amides is 1. The maximum absolute atomic E-state index is 12.0. The summed E-state index contributed by atoms with van der Waals surface area (Å²) < 4.78 is 1.88.